The van der Waals surface area contributed by atoms with Crippen LogP contribution in [0.15, 0.2) is 72.8 Å². The number of aliphatic carboxylic acids is 1. The number of amides is 1. The van der Waals surface area contributed by atoms with Crippen molar-refractivity contribution in [2.24, 2.45) is 0 Å². The van der Waals surface area contributed by atoms with E-state index in [2.05, 4.69) is 30.3 Å². The highest BCUT2D eigenvalue weighted by Crippen LogP contribution is 2.24. The van der Waals surface area contributed by atoms with Gasteiger partial charge in [0.2, 0.25) is 5.91 Å². The van der Waals surface area contributed by atoms with Crippen LogP contribution in [0.2, 0.25) is 0 Å². The summed E-state index contributed by atoms with van der Waals surface area (Å²) < 4.78 is 0. The summed E-state index contributed by atoms with van der Waals surface area (Å²) in [5.74, 6) is -0.620. The molecule has 0 aliphatic heterocycles. The predicted octanol–water partition coefficient (Wildman–Crippen LogP) is 5.66. The van der Waals surface area contributed by atoms with Crippen molar-refractivity contribution in [3.05, 3.63) is 95.1 Å². The molecule has 0 aromatic heterocycles. The number of carboxylic acid groups (broad SMARTS) is 1. The van der Waals surface area contributed by atoms with Crippen molar-refractivity contribution >= 4 is 11.9 Å². The fraction of sp³-hybridized carbons (Fsp3) is 0.286. The summed E-state index contributed by atoms with van der Waals surface area (Å²) in [6, 6.07) is 24.7. The zero-order chi connectivity index (χ0) is 22.9. The average Bonchev–Trinajstić information content (AvgIpc) is 2.79. The zero-order valence-corrected chi connectivity index (χ0v) is 18.9. The van der Waals surface area contributed by atoms with Gasteiger partial charge in [0.15, 0.2) is 0 Å². The van der Waals surface area contributed by atoms with Crippen LogP contribution in [-0.4, -0.2) is 28.9 Å². The average molecular weight is 430 g/mol. The molecule has 0 radical (unpaired) electrons. The van der Waals surface area contributed by atoms with Gasteiger partial charge in [-0.1, -0.05) is 66.7 Å². The third-order valence-corrected chi connectivity index (χ3v) is 5.76. The topological polar surface area (TPSA) is 57.6 Å². The van der Waals surface area contributed by atoms with Crippen LogP contribution in [0.5, 0.6) is 0 Å². The van der Waals surface area contributed by atoms with Gasteiger partial charge in [0.05, 0.1) is 0 Å². The fourth-order valence-electron chi connectivity index (χ4n) is 3.89. The van der Waals surface area contributed by atoms with E-state index in [0.717, 1.165) is 40.7 Å². The molecule has 4 nitrogen and oxygen atoms in total. The first-order chi connectivity index (χ1) is 15.4. The summed E-state index contributed by atoms with van der Waals surface area (Å²) >= 11 is 0. The van der Waals surface area contributed by atoms with Crippen molar-refractivity contribution in [1.82, 2.24) is 4.90 Å². The van der Waals surface area contributed by atoms with Gasteiger partial charge in [0.25, 0.3) is 0 Å². The van der Waals surface area contributed by atoms with Crippen LogP contribution < -0.4 is 0 Å². The lowest BCUT2D eigenvalue weighted by Gasteiger charge is -2.18. The molecule has 0 heterocycles. The minimum Gasteiger partial charge on any atom is -0.481 e. The Morgan fingerprint density at radius 2 is 1.53 bits per heavy atom. The van der Waals surface area contributed by atoms with E-state index in [1.807, 2.05) is 56.4 Å². The molecule has 1 N–H and O–H groups in total. The normalized spacial score (nSPS) is 10.7. The fourth-order valence-corrected chi connectivity index (χ4v) is 3.89. The van der Waals surface area contributed by atoms with Gasteiger partial charge in [-0.15, -0.1) is 0 Å². The Kier molecular flexibility index (Phi) is 8.20. The van der Waals surface area contributed by atoms with Crippen molar-refractivity contribution in [2.75, 3.05) is 7.05 Å². The first-order valence-electron chi connectivity index (χ1n) is 11.1. The largest absolute Gasteiger partial charge is 0.481 e. The van der Waals surface area contributed by atoms with Crippen LogP contribution in [0.4, 0.5) is 0 Å². The Hall–Kier alpha value is -3.40. The first-order valence-corrected chi connectivity index (χ1v) is 11.1. The van der Waals surface area contributed by atoms with Crippen LogP contribution in [0.1, 0.15) is 41.5 Å². The number of carbonyl (C=O) groups excluding carboxylic acids is 1. The smallest absolute Gasteiger partial charge is 0.303 e. The lowest BCUT2D eigenvalue weighted by atomic mass is 9.96. The summed E-state index contributed by atoms with van der Waals surface area (Å²) in [5, 5.41) is 8.91. The Bertz CT molecular complexity index is 1060. The van der Waals surface area contributed by atoms with E-state index in [4.69, 9.17) is 5.11 Å². The maximum absolute atomic E-state index is 12.6. The third-order valence-electron chi connectivity index (χ3n) is 5.76. The van der Waals surface area contributed by atoms with E-state index in [1.54, 1.807) is 4.90 Å². The summed E-state index contributed by atoms with van der Waals surface area (Å²) in [4.78, 5) is 25.2. The number of benzene rings is 3. The molecular weight excluding hydrogens is 398 g/mol. The van der Waals surface area contributed by atoms with E-state index in [1.165, 1.54) is 5.56 Å². The molecule has 0 spiro atoms. The number of hydrogen-bond acceptors (Lipinski definition) is 2. The van der Waals surface area contributed by atoms with Crippen molar-refractivity contribution in [2.45, 2.75) is 45.6 Å². The highest BCUT2D eigenvalue weighted by Gasteiger charge is 2.11. The lowest BCUT2D eigenvalue weighted by molar-refractivity contribution is -0.137. The highest BCUT2D eigenvalue weighted by atomic mass is 16.4. The van der Waals surface area contributed by atoms with Crippen molar-refractivity contribution in [3.63, 3.8) is 0 Å². The van der Waals surface area contributed by atoms with E-state index < -0.39 is 5.97 Å². The summed E-state index contributed by atoms with van der Waals surface area (Å²) in [5.41, 5.74) is 6.71. The number of carbonyl (C=O) groups is 2. The molecule has 0 atom stereocenters. The van der Waals surface area contributed by atoms with Gasteiger partial charge >= 0.3 is 5.97 Å². The maximum Gasteiger partial charge on any atom is 0.303 e. The SMILES string of the molecule is Cc1cc(-c2cccc(CN(C)C(=O)CCCc3ccccc3)c2)ccc1CCC(=O)O. The summed E-state index contributed by atoms with van der Waals surface area (Å²) in [6.07, 6.45) is 2.99. The minimum atomic E-state index is -0.778. The Morgan fingerprint density at radius 3 is 2.25 bits per heavy atom. The third kappa shape index (κ3) is 6.81. The molecule has 3 rings (SSSR count). The first kappa shape index (κ1) is 23.3. The molecule has 3 aromatic carbocycles. The van der Waals surface area contributed by atoms with Gasteiger partial charge < -0.3 is 10.0 Å². The monoisotopic (exact) mass is 429 g/mol. The molecule has 166 valence electrons. The van der Waals surface area contributed by atoms with Crippen LogP contribution in [-0.2, 0) is 29.0 Å². The van der Waals surface area contributed by atoms with Gasteiger partial charge in [0.1, 0.15) is 0 Å². The molecule has 0 bridgehead atoms. The van der Waals surface area contributed by atoms with Crippen LogP contribution in [0.3, 0.4) is 0 Å². The standard InChI is InChI=1S/C28H31NO3/c1-21-18-26(15-14-24(21)16-17-28(31)32)25-12-6-11-23(19-25)20-29(2)27(30)13-7-10-22-8-4-3-5-9-22/h3-6,8-9,11-12,14-15,18-19H,7,10,13,16-17,20H2,1-2H3,(H,31,32). The molecule has 0 fully saturated rings. The van der Waals surface area contributed by atoms with E-state index >= 15 is 0 Å². The Balaban J connectivity index is 1.58. The van der Waals surface area contributed by atoms with Gasteiger partial charge in [-0.2, -0.15) is 0 Å². The van der Waals surface area contributed by atoms with Gasteiger partial charge in [-0.3, -0.25) is 9.59 Å². The maximum atomic E-state index is 12.6. The Morgan fingerprint density at radius 1 is 0.812 bits per heavy atom. The summed E-state index contributed by atoms with van der Waals surface area (Å²) in [6.45, 7) is 2.60. The highest BCUT2D eigenvalue weighted by molar-refractivity contribution is 5.76. The molecule has 0 unspecified atom stereocenters. The summed E-state index contributed by atoms with van der Waals surface area (Å²) in [7, 11) is 1.86. The number of rotatable bonds is 10. The molecular formula is C28H31NO3. The molecule has 0 saturated carbocycles. The number of carboxylic acids is 1. The van der Waals surface area contributed by atoms with Crippen LogP contribution in [0, 0.1) is 6.92 Å². The van der Waals surface area contributed by atoms with Gasteiger partial charge in [-0.05, 0) is 65.6 Å². The van der Waals surface area contributed by atoms with Crippen LogP contribution in [0.25, 0.3) is 11.1 Å². The molecule has 4 heteroatoms. The molecule has 0 aliphatic carbocycles. The minimum absolute atomic E-state index is 0.140. The Labute approximate surface area is 190 Å². The zero-order valence-electron chi connectivity index (χ0n) is 18.9. The number of nitrogens with zero attached hydrogens (tertiary/aromatic N) is 1. The molecule has 0 aliphatic rings. The molecule has 0 saturated heterocycles. The van der Waals surface area contributed by atoms with Crippen molar-refractivity contribution in [3.8, 4) is 11.1 Å². The quantitative estimate of drug-likeness (QED) is 0.452. The van der Waals surface area contributed by atoms with E-state index in [-0.39, 0.29) is 12.3 Å². The van der Waals surface area contributed by atoms with E-state index in [9.17, 15) is 9.59 Å². The molecule has 32 heavy (non-hydrogen) atoms. The molecule has 1 amide bonds. The number of aryl methyl sites for hydroxylation is 3. The van der Waals surface area contributed by atoms with Crippen molar-refractivity contribution in [1.29, 1.82) is 0 Å². The van der Waals surface area contributed by atoms with Crippen LogP contribution >= 0.6 is 0 Å². The second kappa shape index (κ2) is 11.3. The molecule has 3 aromatic rings. The second-order valence-corrected chi connectivity index (χ2v) is 8.32. The van der Waals surface area contributed by atoms with Gasteiger partial charge in [-0.25, -0.2) is 0 Å². The second-order valence-electron chi connectivity index (χ2n) is 8.32. The number of hydrogen-bond donors (Lipinski definition) is 1. The lowest BCUT2D eigenvalue weighted by Crippen LogP contribution is -2.26. The van der Waals surface area contributed by atoms with E-state index in [0.29, 0.717) is 19.4 Å². The van der Waals surface area contributed by atoms with Gasteiger partial charge in [0, 0.05) is 26.4 Å². The predicted molar refractivity (Wildman–Crippen MR) is 128 cm³/mol. The van der Waals surface area contributed by atoms with Crippen molar-refractivity contribution < 1.29 is 14.7 Å².